The summed E-state index contributed by atoms with van der Waals surface area (Å²) in [5.74, 6) is 0. The standard InChI is InChI=1S/C16H21N5/c1-2-3-8-21-16(15(10-17)19-20-21)9-12-11-18-14-7-5-4-6-13(12)14/h4-7,11,18H,2-3,8-10,17H2,1H3. The fourth-order valence-corrected chi connectivity index (χ4v) is 2.67. The molecular weight excluding hydrogens is 262 g/mol. The zero-order chi connectivity index (χ0) is 14.7. The van der Waals surface area contributed by atoms with Crippen LogP contribution in [0.4, 0.5) is 0 Å². The summed E-state index contributed by atoms with van der Waals surface area (Å²) in [5.41, 5.74) is 10.3. The van der Waals surface area contributed by atoms with Crippen LogP contribution in [-0.2, 0) is 19.5 Å². The Kier molecular flexibility index (Phi) is 4.01. The minimum Gasteiger partial charge on any atom is -0.361 e. The van der Waals surface area contributed by atoms with E-state index in [1.165, 1.54) is 10.9 Å². The lowest BCUT2D eigenvalue weighted by Crippen LogP contribution is -2.08. The van der Waals surface area contributed by atoms with Gasteiger partial charge in [0.05, 0.1) is 11.4 Å². The molecule has 5 heteroatoms. The topological polar surface area (TPSA) is 72.5 Å². The molecule has 0 unspecified atom stereocenters. The van der Waals surface area contributed by atoms with E-state index in [1.807, 2.05) is 10.7 Å². The van der Waals surface area contributed by atoms with Crippen molar-refractivity contribution in [2.75, 3.05) is 0 Å². The van der Waals surface area contributed by atoms with E-state index in [-0.39, 0.29) is 0 Å². The number of H-pyrrole nitrogens is 1. The van der Waals surface area contributed by atoms with Crippen molar-refractivity contribution >= 4 is 10.9 Å². The maximum absolute atomic E-state index is 5.81. The summed E-state index contributed by atoms with van der Waals surface area (Å²) >= 11 is 0. The van der Waals surface area contributed by atoms with E-state index in [9.17, 15) is 0 Å². The maximum Gasteiger partial charge on any atom is 0.0998 e. The molecular formula is C16H21N5. The number of fused-ring (bicyclic) bond motifs is 1. The lowest BCUT2D eigenvalue weighted by molar-refractivity contribution is 0.537. The highest BCUT2D eigenvalue weighted by molar-refractivity contribution is 5.83. The molecule has 0 amide bonds. The summed E-state index contributed by atoms with van der Waals surface area (Å²) < 4.78 is 2.01. The van der Waals surface area contributed by atoms with Crippen molar-refractivity contribution in [3.05, 3.63) is 47.4 Å². The summed E-state index contributed by atoms with van der Waals surface area (Å²) in [7, 11) is 0. The maximum atomic E-state index is 5.81. The highest BCUT2D eigenvalue weighted by Gasteiger charge is 2.14. The molecule has 3 rings (SSSR count). The Hall–Kier alpha value is -2.14. The highest BCUT2D eigenvalue weighted by Crippen LogP contribution is 2.21. The predicted molar refractivity (Wildman–Crippen MR) is 83.9 cm³/mol. The lowest BCUT2D eigenvalue weighted by atomic mass is 10.1. The van der Waals surface area contributed by atoms with Crippen LogP contribution in [0.2, 0.25) is 0 Å². The van der Waals surface area contributed by atoms with Gasteiger partial charge in [-0.25, -0.2) is 4.68 Å². The van der Waals surface area contributed by atoms with E-state index < -0.39 is 0 Å². The number of hydrogen-bond acceptors (Lipinski definition) is 3. The number of para-hydroxylation sites is 1. The molecule has 110 valence electrons. The molecule has 3 N–H and O–H groups in total. The molecule has 0 saturated carbocycles. The Bertz CT molecular complexity index is 725. The zero-order valence-corrected chi connectivity index (χ0v) is 12.3. The monoisotopic (exact) mass is 283 g/mol. The third-order valence-electron chi connectivity index (χ3n) is 3.87. The van der Waals surface area contributed by atoms with E-state index in [2.05, 4.69) is 46.6 Å². The number of benzene rings is 1. The van der Waals surface area contributed by atoms with E-state index >= 15 is 0 Å². The third-order valence-corrected chi connectivity index (χ3v) is 3.87. The summed E-state index contributed by atoms with van der Waals surface area (Å²) in [6, 6.07) is 8.34. The minimum atomic E-state index is 0.434. The fourth-order valence-electron chi connectivity index (χ4n) is 2.67. The summed E-state index contributed by atoms with van der Waals surface area (Å²) in [4.78, 5) is 3.32. The average molecular weight is 283 g/mol. The molecule has 5 nitrogen and oxygen atoms in total. The number of aryl methyl sites for hydroxylation is 1. The van der Waals surface area contributed by atoms with Crippen molar-refractivity contribution in [3.63, 3.8) is 0 Å². The van der Waals surface area contributed by atoms with Gasteiger partial charge in [-0.1, -0.05) is 36.8 Å². The number of aromatic nitrogens is 4. The van der Waals surface area contributed by atoms with E-state index in [0.29, 0.717) is 6.54 Å². The fraction of sp³-hybridized carbons (Fsp3) is 0.375. The molecule has 0 saturated heterocycles. The Morgan fingerprint density at radius 3 is 2.95 bits per heavy atom. The van der Waals surface area contributed by atoms with Crippen LogP contribution in [0.15, 0.2) is 30.5 Å². The van der Waals surface area contributed by atoms with Crippen molar-refractivity contribution in [2.45, 2.75) is 39.3 Å². The van der Waals surface area contributed by atoms with Crippen LogP contribution in [0.1, 0.15) is 36.7 Å². The summed E-state index contributed by atoms with van der Waals surface area (Å²) in [6.45, 7) is 3.52. The SMILES string of the molecule is CCCCn1nnc(CN)c1Cc1c[nH]c2ccccc12. The quantitative estimate of drug-likeness (QED) is 0.730. The first-order chi connectivity index (χ1) is 10.3. The number of nitrogens with zero attached hydrogens (tertiary/aromatic N) is 3. The molecule has 0 bridgehead atoms. The molecule has 3 aromatic rings. The number of nitrogens with two attached hydrogens (primary N) is 1. The van der Waals surface area contributed by atoms with Gasteiger partial charge in [-0.05, 0) is 18.1 Å². The number of rotatable bonds is 6. The molecule has 0 spiro atoms. The largest absolute Gasteiger partial charge is 0.361 e. The molecule has 2 heterocycles. The number of unbranched alkanes of at least 4 members (excludes halogenated alkanes) is 1. The van der Waals surface area contributed by atoms with Gasteiger partial charge in [0.2, 0.25) is 0 Å². The van der Waals surface area contributed by atoms with Crippen LogP contribution >= 0.6 is 0 Å². The Morgan fingerprint density at radius 2 is 2.14 bits per heavy atom. The van der Waals surface area contributed by atoms with Gasteiger partial charge in [-0.2, -0.15) is 0 Å². The van der Waals surface area contributed by atoms with Crippen molar-refractivity contribution in [2.24, 2.45) is 5.73 Å². The molecule has 0 fully saturated rings. The molecule has 1 aromatic carbocycles. The van der Waals surface area contributed by atoms with E-state index in [0.717, 1.165) is 42.7 Å². The molecule has 2 aromatic heterocycles. The number of aromatic amines is 1. The first-order valence-electron chi connectivity index (χ1n) is 7.49. The van der Waals surface area contributed by atoms with Gasteiger partial charge in [-0.3, -0.25) is 0 Å². The van der Waals surface area contributed by atoms with Gasteiger partial charge in [-0.15, -0.1) is 5.10 Å². The van der Waals surface area contributed by atoms with Gasteiger partial charge >= 0.3 is 0 Å². The molecule has 0 aliphatic rings. The van der Waals surface area contributed by atoms with Crippen LogP contribution < -0.4 is 5.73 Å². The van der Waals surface area contributed by atoms with Crippen LogP contribution in [0, 0.1) is 0 Å². The Balaban J connectivity index is 1.94. The Labute approximate surface area is 124 Å². The smallest absolute Gasteiger partial charge is 0.0998 e. The second-order valence-electron chi connectivity index (χ2n) is 5.30. The summed E-state index contributed by atoms with van der Waals surface area (Å²) in [5, 5.41) is 9.74. The van der Waals surface area contributed by atoms with E-state index in [1.54, 1.807) is 0 Å². The van der Waals surface area contributed by atoms with Gasteiger partial charge in [0, 0.05) is 36.6 Å². The second kappa shape index (κ2) is 6.10. The van der Waals surface area contributed by atoms with E-state index in [4.69, 9.17) is 5.73 Å². The van der Waals surface area contributed by atoms with Crippen LogP contribution in [0.5, 0.6) is 0 Å². The molecule has 0 atom stereocenters. The first kappa shape index (κ1) is 13.8. The van der Waals surface area contributed by atoms with Crippen molar-refractivity contribution in [1.29, 1.82) is 0 Å². The normalized spacial score (nSPS) is 11.3. The van der Waals surface area contributed by atoms with Gasteiger partial charge in [0.15, 0.2) is 0 Å². The lowest BCUT2D eigenvalue weighted by Gasteiger charge is -2.07. The predicted octanol–water partition coefficient (Wildman–Crippen LogP) is 2.61. The molecule has 0 aliphatic carbocycles. The molecule has 21 heavy (non-hydrogen) atoms. The number of nitrogens with one attached hydrogen (secondary N) is 1. The van der Waals surface area contributed by atoms with Crippen LogP contribution in [0.25, 0.3) is 10.9 Å². The minimum absolute atomic E-state index is 0.434. The van der Waals surface area contributed by atoms with Crippen molar-refractivity contribution in [1.82, 2.24) is 20.0 Å². The van der Waals surface area contributed by atoms with Gasteiger partial charge in [0.25, 0.3) is 0 Å². The van der Waals surface area contributed by atoms with Gasteiger partial charge < -0.3 is 10.7 Å². The van der Waals surface area contributed by atoms with Crippen LogP contribution in [0.3, 0.4) is 0 Å². The van der Waals surface area contributed by atoms with Gasteiger partial charge in [0.1, 0.15) is 0 Å². The second-order valence-corrected chi connectivity index (χ2v) is 5.30. The number of hydrogen-bond donors (Lipinski definition) is 2. The first-order valence-corrected chi connectivity index (χ1v) is 7.49. The molecule has 0 aliphatic heterocycles. The van der Waals surface area contributed by atoms with Crippen molar-refractivity contribution < 1.29 is 0 Å². The summed E-state index contributed by atoms with van der Waals surface area (Å²) in [6.07, 6.45) is 5.13. The van der Waals surface area contributed by atoms with Crippen molar-refractivity contribution in [3.8, 4) is 0 Å². The zero-order valence-electron chi connectivity index (χ0n) is 12.3. The molecule has 0 radical (unpaired) electrons. The van der Waals surface area contributed by atoms with Crippen LogP contribution in [-0.4, -0.2) is 20.0 Å². The average Bonchev–Trinajstić information content (AvgIpc) is 3.10. The highest BCUT2D eigenvalue weighted by atomic mass is 15.4. The Morgan fingerprint density at radius 1 is 1.29 bits per heavy atom. The third kappa shape index (κ3) is 2.69.